The fraction of sp³-hybridized carbons (Fsp3) is 0.333. The van der Waals surface area contributed by atoms with Crippen LogP contribution in [0.25, 0.3) is 0 Å². The summed E-state index contributed by atoms with van der Waals surface area (Å²) in [6.07, 6.45) is 2.94. The van der Waals surface area contributed by atoms with Crippen LogP contribution in [0, 0.1) is 5.92 Å². The standard InChI is InChI=1S/C24H28N4O5S/c1-3-21(29)27-23(28-24(31)33-2)26-19-14-13-18(34(32)17-11-5-4-6-12-17)15-20(19)25-22(30)16-9-7-8-10-16/h4-6,11-16H,3,7-10H2,1-2H3,(H,25,30)(H2,26,27,28,29,31). The van der Waals surface area contributed by atoms with Crippen molar-refractivity contribution >= 4 is 46.4 Å². The third kappa shape index (κ3) is 6.82. The molecule has 180 valence electrons. The van der Waals surface area contributed by atoms with Crippen molar-refractivity contribution in [1.29, 1.82) is 0 Å². The second-order valence-corrected chi connectivity index (χ2v) is 9.19. The molecule has 3 rings (SSSR count). The van der Waals surface area contributed by atoms with Crippen molar-refractivity contribution in [1.82, 2.24) is 5.32 Å². The SMILES string of the molecule is CCC(=O)N=C(NC(=O)OC)Nc1ccc([S+]([O-])c2ccccc2)cc1NC(=O)C1CCCC1. The molecule has 0 aliphatic heterocycles. The minimum Gasteiger partial charge on any atom is -0.606 e. The van der Waals surface area contributed by atoms with Crippen molar-refractivity contribution in [3.63, 3.8) is 0 Å². The van der Waals surface area contributed by atoms with E-state index >= 15 is 0 Å². The molecule has 2 aromatic carbocycles. The largest absolute Gasteiger partial charge is 0.606 e. The van der Waals surface area contributed by atoms with Crippen molar-refractivity contribution in [2.45, 2.75) is 48.8 Å². The lowest BCUT2D eigenvalue weighted by Gasteiger charge is -2.18. The maximum atomic E-state index is 13.1. The number of nitrogens with zero attached hydrogens (tertiary/aromatic N) is 1. The monoisotopic (exact) mass is 484 g/mol. The molecule has 1 aliphatic carbocycles. The van der Waals surface area contributed by atoms with Gasteiger partial charge in [-0.3, -0.25) is 14.9 Å². The number of methoxy groups -OCH3 is 1. The van der Waals surface area contributed by atoms with Crippen LogP contribution < -0.4 is 16.0 Å². The molecule has 0 aromatic heterocycles. The van der Waals surface area contributed by atoms with E-state index in [0.717, 1.165) is 25.7 Å². The van der Waals surface area contributed by atoms with Crippen molar-refractivity contribution < 1.29 is 23.7 Å². The molecule has 1 unspecified atom stereocenters. The van der Waals surface area contributed by atoms with Gasteiger partial charge < -0.3 is 19.9 Å². The minimum absolute atomic E-state index is 0.0980. The van der Waals surface area contributed by atoms with Gasteiger partial charge in [0, 0.05) is 29.6 Å². The summed E-state index contributed by atoms with van der Waals surface area (Å²) in [7, 11) is 1.19. The molecule has 2 aromatic rings. The molecule has 34 heavy (non-hydrogen) atoms. The lowest BCUT2D eigenvalue weighted by atomic mass is 10.1. The predicted molar refractivity (Wildman–Crippen MR) is 130 cm³/mol. The van der Waals surface area contributed by atoms with E-state index in [1.807, 2.05) is 6.07 Å². The summed E-state index contributed by atoms with van der Waals surface area (Å²) in [6.45, 7) is 1.64. The summed E-state index contributed by atoms with van der Waals surface area (Å²) in [5.41, 5.74) is 0.737. The van der Waals surface area contributed by atoms with Gasteiger partial charge in [-0.1, -0.05) is 38.0 Å². The fourth-order valence-corrected chi connectivity index (χ4v) is 4.61. The quantitative estimate of drug-likeness (QED) is 0.322. The summed E-state index contributed by atoms with van der Waals surface area (Å²) in [5.74, 6) is -0.837. The molecule has 1 saturated carbocycles. The molecule has 1 fully saturated rings. The molecule has 1 aliphatic rings. The highest BCUT2D eigenvalue weighted by Gasteiger charge is 2.25. The highest BCUT2D eigenvalue weighted by Crippen LogP contribution is 2.31. The zero-order valence-electron chi connectivity index (χ0n) is 19.1. The lowest BCUT2D eigenvalue weighted by molar-refractivity contribution is -0.119. The number of nitrogens with one attached hydrogen (secondary N) is 3. The first-order chi connectivity index (χ1) is 16.4. The van der Waals surface area contributed by atoms with Crippen molar-refractivity contribution in [2.75, 3.05) is 17.7 Å². The van der Waals surface area contributed by atoms with Crippen LogP contribution >= 0.6 is 0 Å². The van der Waals surface area contributed by atoms with E-state index in [-0.39, 0.29) is 24.2 Å². The highest BCUT2D eigenvalue weighted by atomic mass is 32.2. The maximum Gasteiger partial charge on any atom is 0.413 e. The van der Waals surface area contributed by atoms with Crippen LogP contribution in [-0.4, -0.2) is 35.5 Å². The van der Waals surface area contributed by atoms with Gasteiger partial charge in [-0.15, -0.1) is 0 Å². The zero-order chi connectivity index (χ0) is 24.5. The van der Waals surface area contributed by atoms with Crippen molar-refractivity contribution in [3.8, 4) is 0 Å². The molecule has 0 spiro atoms. The van der Waals surface area contributed by atoms with E-state index < -0.39 is 23.2 Å². The van der Waals surface area contributed by atoms with E-state index in [9.17, 15) is 18.9 Å². The van der Waals surface area contributed by atoms with Crippen LogP contribution in [0.4, 0.5) is 16.2 Å². The number of carbonyl (C=O) groups is 3. The van der Waals surface area contributed by atoms with Crippen LogP contribution in [0.1, 0.15) is 39.0 Å². The second-order valence-electron chi connectivity index (χ2n) is 7.71. The zero-order valence-corrected chi connectivity index (χ0v) is 19.9. The summed E-state index contributed by atoms with van der Waals surface area (Å²) >= 11 is -1.47. The second kappa shape index (κ2) is 12.2. The number of guanidine groups is 1. The van der Waals surface area contributed by atoms with Crippen LogP contribution in [0.15, 0.2) is 63.3 Å². The number of benzene rings is 2. The number of amides is 3. The highest BCUT2D eigenvalue weighted by molar-refractivity contribution is 7.91. The lowest BCUT2D eigenvalue weighted by Crippen LogP contribution is -2.37. The van der Waals surface area contributed by atoms with Gasteiger partial charge in [-0.05, 0) is 37.1 Å². The van der Waals surface area contributed by atoms with Gasteiger partial charge in [0.25, 0.3) is 0 Å². The molecule has 0 radical (unpaired) electrons. The van der Waals surface area contributed by atoms with Crippen LogP contribution in [0.3, 0.4) is 0 Å². The predicted octanol–water partition coefficient (Wildman–Crippen LogP) is 4.04. The number of carbonyl (C=O) groups excluding carboxylic acids is 3. The minimum atomic E-state index is -1.47. The van der Waals surface area contributed by atoms with Crippen molar-refractivity contribution in [3.05, 3.63) is 48.5 Å². The first-order valence-electron chi connectivity index (χ1n) is 11.1. The van der Waals surface area contributed by atoms with Gasteiger partial charge >= 0.3 is 6.09 Å². The Bertz CT molecular complexity index is 1050. The van der Waals surface area contributed by atoms with E-state index in [4.69, 9.17) is 0 Å². The number of hydrogen-bond acceptors (Lipinski definition) is 5. The average Bonchev–Trinajstić information content (AvgIpc) is 3.40. The normalized spacial score (nSPS) is 14.9. The Balaban J connectivity index is 1.94. The van der Waals surface area contributed by atoms with Gasteiger partial charge in [0.2, 0.25) is 17.8 Å². The molecule has 0 saturated heterocycles. The Hall–Kier alpha value is -3.37. The third-order valence-electron chi connectivity index (χ3n) is 5.34. The number of rotatable bonds is 6. The van der Waals surface area contributed by atoms with Gasteiger partial charge in [0.05, 0.1) is 18.5 Å². The Labute approximate surface area is 201 Å². The Morgan fingerprint density at radius 1 is 1.03 bits per heavy atom. The Kier molecular flexibility index (Phi) is 9.06. The molecule has 1 atom stereocenters. The first kappa shape index (κ1) is 25.3. The summed E-state index contributed by atoms with van der Waals surface area (Å²) < 4.78 is 17.7. The number of anilines is 2. The molecular weight excluding hydrogens is 456 g/mol. The molecule has 10 heteroatoms. The van der Waals surface area contributed by atoms with Gasteiger partial charge in [0.15, 0.2) is 9.79 Å². The van der Waals surface area contributed by atoms with E-state index in [2.05, 4.69) is 25.7 Å². The van der Waals surface area contributed by atoms with Crippen LogP contribution in [0.2, 0.25) is 0 Å². The van der Waals surface area contributed by atoms with Gasteiger partial charge in [-0.2, -0.15) is 4.99 Å². The number of aliphatic imine (C=N–C) groups is 1. The summed E-state index contributed by atoms with van der Waals surface area (Å²) in [4.78, 5) is 41.5. The molecule has 0 heterocycles. The molecular formula is C24H28N4O5S. The fourth-order valence-electron chi connectivity index (χ4n) is 3.52. The first-order valence-corrected chi connectivity index (χ1v) is 12.2. The summed E-state index contributed by atoms with van der Waals surface area (Å²) in [5, 5.41) is 8.17. The third-order valence-corrected chi connectivity index (χ3v) is 6.73. The molecule has 3 N–H and O–H groups in total. The molecule has 9 nitrogen and oxygen atoms in total. The smallest absolute Gasteiger partial charge is 0.413 e. The number of hydrogen-bond donors (Lipinski definition) is 3. The Morgan fingerprint density at radius 3 is 2.38 bits per heavy atom. The van der Waals surface area contributed by atoms with Crippen molar-refractivity contribution in [2.24, 2.45) is 10.9 Å². The van der Waals surface area contributed by atoms with E-state index in [1.54, 1.807) is 49.4 Å². The molecule has 0 bridgehead atoms. The maximum absolute atomic E-state index is 13.1. The number of ether oxygens (including phenoxy) is 1. The topological polar surface area (TPSA) is 132 Å². The van der Waals surface area contributed by atoms with Gasteiger partial charge in [-0.25, -0.2) is 4.79 Å². The average molecular weight is 485 g/mol. The Morgan fingerprint density at radius 2 is 1.74 bits per heavy atom. The van der Waals surface area contributed by atoms with Crippen LogP contribution in [-0.2, 0) is 25.5 Å². The van der Waals surface area contributed by atoms with Gasteiger partial charge in [0.1, 0.15) is 0 Å². The number of alkyl carbamates (subject to hydrolysis) is 1. The summed E-state index contributed by atoms with van der Waals surface area (Å²) in [6, 6.07) is 13.9. The van der Waals surface area contributed by atoms with E-state index in [0.29, 0.717) is 21.2 Å². The van der Waals surface area contributed by atoms with Crippen LogP contribution in [0.5, 0.6) is 0 Å². The van der Waals surface area contributed by atoms with E-state index in [1.165, 1.54) is 7.11 Å². The molecule has 3 amide bonds.